The molecular formula is C22H25N3O2. The fourth-order valence-electron chi connectivity index (χ4n) is 4.36. The van der Waals surface area contributed by atoms with Gasteiger partial charge >= 0.3 is 0 Å². The molecule has 2 saturated heterocycles. The first-order valence-electron chi connectivity index (χ1n) is 10.2. The van der Waals surface area contributed by atoms with Gasteiger partial charge in [0.1, 0.15) is 0 Å². The zero-order valence-electron chi connectivity index (χ0n) is 15.8. The highest BCUT2D eigenvalue weighted by molar-refractivity contribution is 6.28. The lowest BCUT2D eigenvalue weighted by molar-refractivity contribution is 0.0608. The Balaban J connectivity index is 1.73. The Labute approximate surface area is 159 Å². The van der Waals surface area contributed by atoms with Gasteiger partial charge in [0.15, 0.2) is 0 Å². The van der Waals surface area contributed by atoms with E-state index in [2.05, 4.69) is 28.9 Å². The summed E-state index contributed by atoms with van der Waals surface area (Å²) >= 11 is 0. The van der Waals surface area contributed by atoms with Crippen LogP contribution in [-0.4, -0.2) is 49.4 Å². The average molecular weight is 363 g/mol. The Morgan fingerprint density at radius 1 is 0.778 bits per heavy atom. The second-order valence-electron chi connectivity index (χ2n) is 7.81. The second kappa shape index (κ2) is 6.25. The largest absolute Gasteiger partial charge is 0.371 e. The maximum Gasteiger partial charge on any atom is 0.261 e. The molecule has 0 unspecified atom stereocenters. The predicted octanol–water partition coefficient (Wildman–Crippen LogP) is 3.66. The van der Waals surface area contributed by atoms with Crippen LogP contribution in [-0.2, 0) is 0 Å². The minimum absolute atomic E-state index is 0.137. The number of hydrogen-bond donors (Lipinski definition) is 0. The van der Waals surface area contributed by atoms with Crippen molar-refractivity contribution >= 4 is 34.0 Å². The van der Waals surface area contributed by atoms with Crippen molar-refractivity contribution in [1.29, 1.82) is 0 Å². The van der Waals surface area contributed by atoms with Crippen LogP contribution in [0.25, 0.3) is 10.8 Å². The highest BCUT2D eigenvalue weighted by atomic mass is 16.2. The van der Waals surface area contributed by atoms with Crippen molar-refractivity contribution in [1.82, 2.24) is 4.90 Å². The molecule has 3 aliphatic rings. The molecule has 0 spiro atoms. The number of benzene rings is 2. The molecule has 5 heteroatoms. The molecule has 5 rings (SSSR count). The number of amides is 2. The van der Waals surface area contributed by atoms with Crippen LogP contribution in [0, 0.1) is 0 Å². The minimum Gasteiger partial charge on any atom is -0.371 e. The number of carbonyl (C=O) groups excluding carboxylic acids is 2. The summed E-state index contributed by atoms with van der Waals surface area (Å²) in [7, 11) is 0. The van der Waals surface area contributed by atoms with E-state index in [4.69, 9.17) is 0 Å². The van der Waals surface area contributed by atoms with E-state index < -0.39 is 0 Å². The van der Waals surface area contributed by atoms with E-state index in [0.717, 1.165) is 49.8 Å². The van der Waals surface area contributed by atoms with Gasteiger partial charge in [-0.1, -0.05) is 13.3 Å². The third kappa shape index (κ3) is 2.37. The van der Waals surface area contributed by atoms with Crippen molar-refractivity contribution in [3.8, 4) is 0 Å². The summed E-state index contributed by atoms with van der Waals surface area (Å²) in [4.78, 5) is 32.4. The van der Waals surface area contributed by atoms with E-state index in [1.54, 1.807) is 0 Å². The van der Waals surface area contributed by atoms with E-state index in [-0.39, 0.29) is 11.8 Å². The Morgan fingerprint density at radius 2 is 1.30 bits per heavy atom. The van der Waals surface area contributed by atoms with Crippen LogP contribution in [0.5, 0.6) is 0 Å². The molecule has 2 amide bonds. The van der Waals surface area contributed by atoms with E-state index in [1.807, 2.05) is 12.1 Å². The van der Waals surface area contributed by atoms with Gasteiger partial charge in [-0.25, -0.2) is 0 Å². The monoisotopic (exact) mass is 363 g/mol. The fraction of sp³-hybridized carbons (Fsp3) is 0.455. The molecule has 140 valence electrons. The lowest BCUT2D eigenvalue weighted by Crippen LogP contribution is -2.42. The van der Waals surface area contributed by atoms with Crippen molar-refractivity contribution in [3.63, 3.8) is 0 Å². The van der Waals surface area contributed by atoms with Gasteiger partial charge in [0.2, 0.25) is 0 Å². The molecule has 0 N–H and O–H groups in total. The molecule has 0 bridgehead atoms. The van der Waals surface area contributed by atoms with Crippen LogP contribution in [0.15, 0.2) is 24.3 Å². The van der Waals surface area contributed by atoms with Crippen LogP contribution in [0.3, 0.4) is 0 Å². The van der Waals surface area contributed by atoms with Gasteiger partial charge in [-0.05, 0) is 43.5 Å². The second-order valence-corrected chi connectivity index (χ2v) is 7.81. The van der Waals surface area contributed by atoms with E-state index in [0.29, 0.717) is 17.7 Å². The number of rotatable bonds is 5. The summed E-state index contributed by atoms with van der Waals surface area (Å²) in [5, 5.41) is 1.97. The van der Waals surface area contributed by atoms with Crippen molar-refractivity contribution < 1.29 is 9.59 Å². The van der Waals surface area contributed by atoms with Crippen molar-refractivity contribution in [2.24, 2.45) is 0 Å². The molecule has 0 aromatic heterocycles. The number of nitrogens with zero attached hydrogens (tertiary/aromatic N) is 3. The first-order chi connectivity index (χ1) is 13.2. The van der Waals surface area contributed by atoms with Crippen LogP contribution in [0.2, 0.25) is 0 Å². The normalized spacial score (nSPS) is 18.8. The van der Waals surface area contributed by atoms with Gasteiger partial charge in [-0.3, -0.25) is 14.5 Å². The summed E-state index contributed by atoms with van der Waals surface area (Å²) < 4.78 is 0. The van der Waals surface area contributed by atoms with Crippen molar-refractivity contribution in [2.45, 2.75) is 32.6 Å². The minimum atomic E-state index is -0.137. The maximum atomic E-state index is 13.1. The number of hydrogen-bond acceptors (Lipinski definition) is 4. The van der Waals surface area contributed by atoms with Gasteiger partial charge in [0, 0.05) is 66.0 Å². The number of imide groups is 1. The SMILES string of the molecule is CCCCN1C(=O)c2ccc(N3CCC3)c3c(N4CCC4)ccc(c23)C1=O. The standard InChI is InChI=1S/C22H25N3O2/c1-2-3-14-25-21(26)15-6-8-17(23-10-4-11-23)20-18(24-12-5-13-24)9-7-16(19(15)20)22(25)27/h6-9H,2-5,10-14H2,1H3. The molecule has 2 aromatic carbocycles. The van der Waals surface area contributed by atoms with E-state index in [9.17, 15) is 9.59 Å². The zero-order valence-corrected chi connectivity index (χ0v) is 15.8. The van der Waals surface area contributed by atoms with Gasteiger partial charge in [0.25, 0.3) is 11.8 Å². The summed E-state index contributed by atoms with van der Waals surface area (Å²) in [5.74, 6) is -0.274. The quantitative estimate of drug-likeness (QED) is 0.761. The maximum absolute atomic E-state index is 13.1. The average Bonchev–Trinajstić information content (AvgIpc) is 2.58. The third-order valence-electron chi connectivity index (χ3n) is 6.20. The van der Waals surface area contributed by atoms with Gasteiger partial charge in [0.05, 0.1) is 0 Å². The van der Waals surface area contributed by atoms with Crippen LogP contribution < -0.4 is 9.80 Å². The Kier molecular flexibility index (Phi) is 3.85. The zero-order chi connectivity index (χ0) is 18.5. The molecule has 3 heterocycles. The first kappa shape index (κ1) is 16.6. The van der Waals surface area contributed by atoms with Gasteiger partial charge < -0.3 is 9.80 Å². The molecule has 3 aliphatic heterocycles. The molecule has 5 nitrogen and oxygen atoms in total. The first-order valence-corrected chi connectivity index (χ1v) is 10.2. The Morgan fingerprint density at radius 3 is 1.70 bits per heavy atom. The summed E-state index contributed by atoms with van der Waals surface area (Å²) in [5.41, 5.74) is 3.71. The molecule has 2 fully saturated rings. The van der Waals surface area contributed by atoms with Crippen LogP contribution >= 0.6 is 0 Å². The molecule has 0 atom stereocenters. The lowest BCUT2D eigenvalue weighted by Gasteiger charge is -2.39. The molecule has 2 aromatic rings. The predicted molar refractivity (Wildman–Crippen MR) is 108 cm³/mol. The Bertz CT molecular complexity index is 875. The fourth-order valence-corrected chi connectivity index (χ4v) is 4.36. The van der Waals surface area contributed by atoms with Gasteiger partial charge in [-0.2, -0.15) is 0 Å². The topological polar surface area (TPSA) is 43.9 Å². The van der Waals surface area contributed by atoms with Crippen LogP contribution in [0.1, 0.15) is 53.3 Å². The smallest absolute Gasteiger partial charge is 0.261 e. The molecule has 0 saturated carbocycles. The molecule has 27 heavy (non-hydrogen) atoms. The summed E-state index contributed by atoms with van der Waals surface area (Å²) in [6.45, 7) is 6.75. The summed E-state index contributed by atoms with van der Waals surface area (Å²) in [6.07, 6.45) is 4.20. The number of carbonyl (C=O) groups is 2. The Hall–Kier alpha value is -2.56. The molecule has 0 radical (unpaired) electrons. The highest BCUT2D eigenvalue weighted by Gasteiger charge is 2.35. The van der Waals surface area contributed by atoms with Crippen molar-refractivity contribution in [3.05, 3.63) is 35.4 Å². The lowest BCUT2D eigenvalue weighted by atomic mass is 9.90. The third-order valence-corrected chi connectivity index (χ3v) is 6.20. The van der Waals surface area contributed by atoms with E-state index in [1.165, 1.54) is 29.1 Å². The van der Waals surface area contributed by atoms with Crippen LogP contribution in [0.4, 0.5) is 11.4 Å². The molecular weight excluding hydrogens is 338 g/mol. The number of unbranched alkanes of at least 4 members (excludes halogenated alkanes) is 1. The highest BCUT2D eigenvalue weighted by Crippen LogP contribution is 2.43. The van der Waals surface area contributed by atoms with E-state index >= 15 is 0 Å². The molecule has 0 aliphatic carbocycles. The summed E-state index contributed by atoms with van der Waals surface area (Å²) in [6, 6.07) is 8.06. The number of anilines is 2. The van der Waals surface area contributed by atoms with Gasteiger partial charge in [-0.15, -0.1) is 0 Å². The van der Waals surface area contributed by atoms with Crippen molar-refractivity contribution in [2.75, 3.05) is 42.5 Å².